The Balaban J connectivity index is 2.38. The Kier molecular flexibility index (Phi) is 5.84. The van der Waals surface area contributed by atoms with Crippen molar-refractivity contribution >= 4 is 29.3 Å². The van der Waals surface area contributed by atoms with Gasteiger partial charge in [-0.3, -0.25) is 5.41 Å². The monoisotopic (exact) mass is 354 g/mol. The maximum atomic E-state index is 9.43. The Morgan fingerprint density at radius 3 is 3.00 bits per heavy atom. The minimum absolute atomic E-state index is 0.0178. The van der Waals surface area contributed by atoms with E-state index in [1.165, 1.54) is 6.20 Å². The summed E-state index contributed by atoms with van der Waals surface area (Å²) in [5.41, 5.74) is 0.511. The minimum atomic E-state index is -0.543. The standard InChI is InChI=1S/C15H23ClN6O2/c1-9(22-15(2,3)8-23)11-12(17)24-6-4-5-18-13-10(16)7-19-14(20-11)21-13/h7,17,22-23H,4-6,8H2,1-3H3,(H2,18,19,20,21)/b11-9+,17-12?. The van der Waals surface area contributed by atoms with Crippen LogP contribution in [0.3, 0.4) is 0 Å². The van der Waals surface area contributed by atoms with Gasteiger partial charge in [-0.1, -0.05) is 11.6 Å². The number of halogens is 1. The number of hydrogen-bond acceptors (Lipinski definition) is 8. The molecule has 2 rings (SSSR count). The number of nitrogens with one attached hydrogen (secondary N) is 4. The van der Waals surface area contributed by atoms with Gasteiger partial charge < -0.3 is 25.8 Å². The highest BCUT2D eigenvalue weighted by molar-refractivity contribution is 6.32. The molecule has 132 valence electrons. The van der Waals surface area contributed by atoms with Crippen molar-refractivity contribution in [3.05, 3.63) is 22.6 Å². The molecule has 0 unspecified atom stereocenters. The summed E-state index contributed by atoms with van der Waals surface area (Å²) in [7, 11) is 0. The van der Waals surface area contributed by atoms with E-state index in [2.05, 4.69) is 25.9 Å². The molecule has 0 radical (unpaired) electrons. The van der Waals surface area contributed by atoms with Crippen LogP contribution in [0.1, 0.15) is 27.2 Å². The maximum Gasteiger partial charge on any atom is 0.232 e. The number of aromatic nitrogens is 2. The molecule has 1 aromatic rings. The van der Waals surface area contributed by atoms with Crippen LogP contribution in [0, 0.1) is 5.41 Å². The molecule has 0 spiro atoms. The SMILES string of the molecule is C/C(NC(C)(C)CO)=C1\Nc2ncc(Cl)c(n2)NCCCOC1=N. The largest absolute Gasteiger partial charge is 0.476 e. The van der Waals surface area contributed by atoms with Crippen molar-refractivity contribution in [2.24, 2.45) is 0 Å². The number of fused-ring (bicyclic) bond motifs is 2. The van der Waals surface area contributed by atoms with Crippen LogP contribution in [0.4, 0.5) is 11.8 Å². The molecule has 0 atom stereocenters. The molecule has 0 saturated heterocycles. The summed E-state index contributed by atoms with van der Waals surface area (Å²) in [6.45, 7) is 6.46. The van der Waals surface area contributed by atoms with E-state index in [-0.39, 0.29) is 12.5 Å². The summed E-state index contributed by atoms with van der Waals surface area (Å²) >= 11 is 6.08. The Labute approximate surface area is 146 Å². The molecule has 0 saturated carbocycles. The van der Waals surface area contributed by atoms with E-state index >= 15 is 0 Å². The summed E-state index contributed by atoms with van der Waals surface area (Å²) in [5.74, 6) is 0.814. The van der Waals surface area contributed by atoms with Crippen molar-refractivity contribution in [2.45, 2.75) is 32.7 Å². The first kappa shape index (κ1) is 18.3. The zero-order chi connectivity index (χ0) is 17.7. The summed E-state index contributed by atoms with van der Waals surface area (Å²) < 4.78 is 5.50. The third-order valence-corrected chi connectivity index (χ3v) is 3.64. The fourth-order valence-corrected chi connectivity index (χ4v) is 2.28. The molecule has 24 heavy (non-hydrogen) atoms. The number of allylic oxidation sites excluding steroid dienone is 1. The Bertz CT molecular complexity index is 647. The van der Waals surface area contributed by atoms with Crippen molar-refractivity contribution in [1.29, 1.82) is 5.41 Å². The normalized spacial score (nSPS) is 17.8. The average Bonchev–Trinajstić information content (AvgIpc) is 2.56. The lowest BCUT2D eigenvalue weighted by Gasteiger charge is -2.27. The molecule has 2 heterocycles. The zero-order valence-corrected chi connectivity index (χ0v) is 14.8. The number of aliphatic hydroxyl groups excluding tert-OH is 1. The van der Waals surface area contributed by atoms with E-state index in [1.54, 1.807) is 6.92 Å². The second-order valence-electron chi connectivity index (χ2n) is 6.14. The van der Waals surface area contributed by atoms with E-state index < -0.39 is 5.54 Å². The second-order valence-corrected chi connectivity index (χ2v) is 6.55. The lowest BCUT2D eigenvalue weighted by Crippen LogP contribution is -2.42. The highest BCUT2D eigenvalue weighted by Crippen LogP contribution is 2.21. The molecule has 2 bridgehead atoms. The molecule has 5 N–H and O–H groups in total. The van der Waals surface area contributed by atoms with E-state index in [1.807, 2.05) is 13.8 Å². The third-order valence-electron chi connectivity index (χ3n) is 3.36. The molecule has 1 aliphatic rings. The van der Waals surface area contributed by atoms with Gasteiger partial charge in [0.15, 0.2) is 5.82 Å². The first-order valence-electron chi connectivity index (χ1n) is 7.67. The zero-order valence-electron chi connectivity index (χ0n) is 14.0. The van der Waals surface area contributed by atoms with E-state index in [9.17, 15) is 5.11 Å². The Morgan fingerprint density at radius 2 is 2.29 bits per heavy atom. The highest BCUT2D eigenvalue weighted by Gasteiger charge is 2.21. The van der Waals surface area contributed by atoms with E-state index in [4.69, 9.17) is 21.7 Å². The average molecular weight is 355 g/mol. The summed E-state index contributed by atoms with van der Waals surface area (Å²) in [4.78, 5) is 8.47. The molecular weight excluding hydrogens is 332 g/mol. The Hall–Kier alpha value is -2.06. The van der Waals surface area contributed by atoms with Crippen molar-refractivity contribution in [3.8, 4) is 0 Å². The minimum Gasteiger partial charge on any atom is -0.476 e. The van der Waals surface area contributed by atoms with Gasteiger partial charge in [-0.05, 0) is 27.2 Å². The fraction of sp³-hybridized carbons (Fsp3) is 0.533. The number of hydrogen-bond donors (Lipinski definition) is 5. The van der Waals surface area contributed by atoms with E-state index in [0.717, 1.165) is 0 Å². The molecular formula is C15H23ClN6O2. The predicted octanol–water partition coefficient (Wildman–Crippen LogP) is 1.94. The quantitative estimate of drug-likeness (QED) is 0.563. The van der Waals surface area contributed by atoms with Crippen molar-refractivity contribution in [2.75, 3.05) is 30.4 Å². The van der Waals surface area contributed by atoms with Gasteiger partial charge in [0, 0.05) is 12.2 Å². The first-order chi connectivity index (χ1) is 11.3. The van der Waals surface area contributed by atoms with Gasteiger partial charge in [0.25, 0.3) is 0 Å². The molecule has 0 aromatic carbocycles. The van der Waals surface area contributed by atoms with Crippen LogP contribution >= 0.6 is 11.6 Å². The molecule has 1 aromatic heterocycles. The lowest BCUT2D eigenvalue weighted by atomic mass is 10.1. The molecule has 0 aliphatic carbocycles. The second kappa shape index (κ2) is 7.67. The fourth-order valence-electron chi connectivity index (χ4n) is 2.12. The number of aliphatic hydroxyl groups is 1. The summed E-state index contributed by atoms with van der Waals surface area (Å²) in [6, 6.07) is 0. The molecule has 9 heteroatoms. The number of ether oxygens (including phenoxy) is 1. The third kappa shape index (κ3) is 4.72. The number of nitrogens with zero attached hydrogens (tertiary/aromatic N) is 2. The molecule has 1 aliphatic heterocycles. The summed E-state index contributed by atoms with van der Waals surface area (Å²) in [6.07, 6.45) is 2.19. The summed E-state index contributed by atoms with van der Waals surface area (Å²) in [5, 5.41) is 27.3. The first-order valence-corrected chi connectivity index (χ1v) is 8.05. The van der Waals surface area contributed by atoms with Crippen LogP contribution in [0.2, 0.25) is 5.02 Å². The molecule has 8 nitrogen and oxygen atoms in total. The van der Waals surface area contributed by atoms with Crippen LogP contribution in [0.15, 0.2) is 17.6 Å². The van der Waals surface area contributed by atoms with Gasteiger partial charge >= 0.3 is 0 Å². The van der Waals surface area contributed by atoms with Gasteiger partial charge in [-0.15, -0.1) is 0 Å². The van der Waals surface area contributed by atoms with E-state index in [0.29, 0.717) is 47.8 Å². The van der Waals surface area contributed by atoms with Crippen LogP contribution in [0.5, 0.6) is 0 Å². The van der Waals surface area contributed by atoms with Crippen LogP contribution < -0.4 is 16.0 Å². The van der Waals surface area contributed by atoms with Crippen molar-refractivity contribution in [1.82, 2.24) is 15.3 Å². The predicted molar refractivity (Wildman–Crippen MR) is 94.5 cm³/mol. The van der Waals surface area contributed by atoms with Gasteiger partial charge in [-0.2, -0.15) is 4.98 Å². The molecule has 0 amide bonds. The molecule has 0 fully saturated rings. The highest BCUT2D eigenvalue weighted by atomic mass is 35.5. The van der Waals surface area contributed by atoms with Crippen molar-refractivity contribution in [3.63, 3.8) is 0 Å². The van der Waals surface area contributed by atoms with Gasteiger partial charge in [0.2, 0.25) is 11.8 Å². The van der Waals surface area contributed by atoms with Crippen LogP contribution in [-0.4, -0.2) is 46.3 Å². The topological polar surface area (TPSA) is 115 Å². The van der Waals surface area contributed by atoms with Crippen LogP contribution in [-0.2, 0) is 4.74 Å². The van der Waals surface area contributed by atoms with Gasteiger partial charge in [0.05, 0.1) is 24.9 Å². The van der Waals surface area contributed by atoms with Gasteiger partial charge in [-0.25, -0.2) is 4.98 Å². The van der Waals surface area contributed by atoms with Crippen LogP contribution in [0.25, 0.3) is 0 Å². The number of rotatable bonds is 3. The number of anilines is 2. The maximum absolute atomic E-state index is 9.43. The van der Waals surface area contributed by atoms with Gasteiger partial charge in [0.1, 0.15) is 10.7 Å². The van der Waals surface area contributed by atoms with Crippen molar-refractivity contribution < 1.29 is 9.84 Å². The lowest BCUT2D eigenvalue weighted by molar-refractivity contribution is 0.198. The smallest absolute Gasteiger partial charge is 0.232 e. The Morgan fingerprint density at radius 1 is 1.54 bits per heavy atom.